The standard InChI is InChI=1S/C58H37NOS/c1-2-11-43(12-3-1)49-34-35-53(58-57(49)52-15-7-9-17-56(52)61-58)59(48-31-26-42(27-32-48)46-28-33-51-50-14-6-8-16-54(50)60-55(51)37-46)47-29-24-40(25-30-47)39-18-20-41(21-19-39)45-23-22-38-10-4-5-13-44(38)36-45/h1-37H. The predicted octanol–water partition coefficient (Wildman–Crippen LogP) is 17.2. The van der Waals surface area contributed by atoms with Gasteiger partial charge in [-0.05, 0) is 116 Å². The Morgan fingerprint density at radius 2 is 0.885 bits per heavy atom. The minimum atomic E-state index is 0.901. The van der Waals surface area contributed by atoms with Crippen LogP contribution >= 0.6 is 11.3 Å². The van der Waals surface area contributed by atoms with Gasteiger partial charge in [0.1, 0.15) is 11.2 Å². The van der Waals surface area contributed by atoms with Gasteiger partial charge in [-0.25, -0.2) is 0 Å². The first-order chi connectivity index (χ1) is 30.2. The third-order valence-electron chi connectivity index (χ3n) is 12.1. The summed E-state index contributed by atoms with van der Waals surface area (Å²) in [4.78, 5) is 2.42. The minimum Gasteiger partial charge on any atom is -0.456 e. The molecule has 0 amide bonds. The maximum atomic E-state index is 6.27. The summed E-state index contributed by atoms with van der Waals surface area (Å²) in [5.74, 6) is 0. The molecule has 2 heterocycles. The molecule has 0 aliphatic heterocycles. The van der Waals surface area contributed by atoms with Crippen LogP contribution in [0.1, 0.15) is 0 Å². The lowest BCUT2D eigenvalue weighted by molar-refractivity contribution is 0.669. The first-order valence-electron chi connectivity index (χ1n) is 20.7. The molecule has 286 valence electrons. The van der Waals surface area contributed by atoms with E-state index in [-0.39, 0.29) is 0 Å². The van der Waals surface area contributed by atoms with Crippen molar-refractivity contribution in [2.45, 2.75) is 0 Å². The summed E-state index contributed by atoms with van der Waals surface area (Å²) in [6, 6.07) is 81.2. The SMILES string of the molecule is c1ccc(-c2ccc(N(c3ccc(-c4ccc(-c5ccc6ccccc6c5)cc4)cc3)c3ccc(-c4ccc5c(c4)oc4ccccc45)cc3)c3sc4ccccc4c23)cc1. The minimum absolute atomic E-state index is 0.901. The van der Waals surface area contributed by atoms with Gasteiger partial charge in [0.15, 0.2) is 0 Å². The fourth-order valence-corrected chi connectivity index (χ4v) is 10.2. The van der Waals surface area contributed by atoms with E-state index in [1.807, 2.05) is 23.5 Å². The van der Waals surface area contributed by atoms with E-state index in [1.54, 1.807) is 0 Å². The Kier molecular flexibility index (Phi) is 8.39. The van der Waals surface area contributed by atoms with Crippen molar-refractivity contribution in [2.75, 3.05) is 4.90 Å². The Bertz CT molecular complexity index is 3560. The van der Waals surface area contributed by atoms with Gasteiger partial charge in [-0.15, -0.1) is 11.3 Å². The van der Waals surface area contributed by atoms with E-state index < -0.39 is 0 Å². The summed E-state index contributed by atoms with van der Waals surface area (Å²) in [6.07, 6.45) is 0. The lowest BCUT2D eigenvalue weighted by Crippen LogP contribution is -2.10. The lowest BCUT2D eigenvalue weighted by Gasteiger charge is -2.27. The molecule has 0 aliphatic carbocycles. The quantitative estimate of drug-likeness (QED) is 0.160. The Labute approximate surface area is 357 Å². The molecular formula is C58H37NOS. The molecule has 0 fully saturated rings. The Balaban J connectivity index is 0.957. The van der Waals surface area contributed by atoms with Crippen molar-refractivity contribution >= 4 is 81.3 Å². The molecule has 12 rings (SSSR count). The fourth-order valence-electron chi connectivity index (χ4n) is 9.01. The van der Waals surface area contributed by atoms with Crippen molar-refractivity contribution in [3.05, 3.63) is 224 Å². The zero-order valence-electron chi connectivity index (χ0n) is 33.1. The molecule has 2 nitrogen and oxygen atoms in total. The zero-order chi connectivity index (χ0) is 40.3. The normalized spacial score (nSPS) is 11.6. The molecule has 2 aromatic heterocycles. The molecule has 0 unspecified atom stereocenters. The molecule has 61 heavy (non-hydrogen) atoms. The Morgan fingerprint density at radius 1 is 0.344 bits per heavy atom. The van der Waals surface area contributed by atoms with Crippen LogP contribution in [0.3, 0.4) is 0 Å². The van der Waals surface area contributed by atoms with Crippen molar-refractivity contribution in [3.8, 4) is 44.5 Å². The number of para-hydroxylation sites is 1. The summed E-state index contributed by atoms with van der Waals surface area (Å²) >= 11 is 1.87. The largest absolute Gasteiger partial charge is 0.456 e. The molecule has 0 bridgehead atoms. The molecule has 0 radical (unpaired) electrons. The Hall–Kier alpha value is -7.72. The monoisotopic (exact) mass is 795 g/mol. The van der Waals surface area contributed by atoms with E-state index >= 15 is 0 Å². The van der Waals surface area contributed by atoms with Crippen LogP contribution in [0.2, 0.25) is 0 Å². The van der Waals surface area contributed by atoms with E-state index in [1.165, 1.54) is 64.3 Å². The van der Waals surface area contributed by atoms with Gasteiger partial charge in [0.25, 0.3) is 0 Å². The van der Waals surface area contributed by atoms with Crippen LogP contribution in [0.5, 0.6) is 0 Å². The topological polar surface area (TPSA) is 16.4 Å². The van der Waals surface area contributed by atoms with Crippen LogP contribution in [0, 0.1) is 0 Å². The molecule has 0 N–H and O–H groups in total. The van der Waals surface area contributed by atoms with Crippen LogP contribution in [-0.2, 0) is 0 Å². The third-order valence-corrected chi connectivity index (χ3v) is 13.3. The average molecular weight is 796 g/mol. The van der Waals surface area contributed by atoms with Crippen molar-refractivity contribution in [2.24, 2.45) is 0 Å². The summed E-state index contributed by atoms with van der Waals surface area (Å²) in [6.45, 7) is 0. The highest BCUT2D eigenvalue weighted by atomic mass is 32.1. The number of benzene rings is 10. The maximum Gasteiger partial charge on any atom is 0.136 e. The first kappa shape index (κ1) is 35.2. The number of anilines is 3. The molecule has 10 aromatic carbocycles. The third kappa shape index (κ3) is 6.18. The van der Waals surface area contributed by atoms with Crippen molar-refractivity contribution < 1.29 is 4.42 Å². The van der Waals surface area contributed by atoms with Crippen molar-refractivity contribution in [3.63, 3.8) is 0 Å². The Morgan fingerprint density at radius 3 is 1.62 bits per heavy atom. The van der Waals surface area contributed by atoms with Gasteiger partial charge < -0.3 is 9.32 Å². The molecule has 0 atom stereocenters. The van der Waals surface area contributed by atoms with E-state index in [0.717, 1.165) is 50.1 Å². The van der Waals surface area contributed by atoms with Crippen LogP contribution in [0.4, 0.5) is 17.1 Å². The van der Waals surface area contributed by atoms with Crippen molar-refractivity contribution in [1.29, 1.82) is 0 Å². The molecule has 3 heteroatoms. The van der Waals surface area contributed by atoms with Gasteiger partial charge in [0.05, 0.1) is 10.4 Å². The van der Waals surface area contributed by atoms with Gasteiger partial charge in [-0.2, -0.15) is 0 Å². The number of rotatable bonds is 7. The van der Waals surface area contributed by atoms with Crippen LogP contribution in [0.15, 0.2) is 229 Å². The number of thiophene rings is 1. The molecule has 0 aliphatic rings. The molecule has 12 aromatic rings. The second-order valence-electron chi connectivity index (χ2n) is 15.7. The predicted molar refractivity (Wildman–Crippen MR) is 261 cm³/mol. The second kappa shape index (κ2) is 14.5. The van der Waals surface area contributed by atoms with Gasteiger partial charge in [-0.1, -0.05) is 164 Å². The number of hydrogen-bond acceptors (Lipinski definition) is 3. The summed E-state index contributed by atoms with van der Waals surface area (Å²) in [5.41, 5.74) is 14.7. The molecular weight excluding hydrogens is 759 g/mol. The highest BCUT2D eigenvalue weighted by molar-refractivity contribution is 7.26. The highest BCUT2D eigenvalue weighted by Crippen LogP contribution is 2.48. The number of nitrogens with zero attached hydrogens (tertiary/aromatic N) is 1. The van der Waals surface area contributed by atoms with Gasteiger partial charge in [0.2, 0.25) is 0 Å². The molecule has 0 saturated carbocycles. The second-order valence-corrected chi connectivity index (χ2v) is 16.7. The molecule has 0 spiro atoms. The summed E-state index contributed by atoms with van der Waals surface area (Å²) < 4.78 is 8.81. The van der Waals surface area contributed by atoms with E-state index in [0.29, 0.717) is 0 Å². The highest BCUT2D eigenvalue weighted by Gasteiger charge is 2.21. The summed E-state index contributed by atoms with van der Waals surface area (Å²) in [5, 5.41) is 7.36. The van der Waals surface area contributed by atoms with Crippen molar-refractivity contribution in [1.82, 2.24) is 0 Å². The van der Waals surface area contributed by atoms with Crippen LogP contribution < -0.4 is 4.90 Å². The van der Waals surface area contributed by atoms with E-state index in [2.05, 4.69) is 217 Å². The number of hydrogen-bond donors (Lipinski definition) is 0. The smallest absolute Gasteiger partial charge is 0.136 e. The zero-order valence-corrected chi connectivity index (χ0v) is 33.9. The maximum absolute atomic E-state index is 6.27. The number of fused-ring (bicyclic) bond motifs is 7. The van der Waals surface area contributed by atoms with Gasteiger partial charge >= 0.3 is 0 Å². The van der Waals surface area contributed by atoms with Crippen LogP contribution in [-0.4, -0.2) is 0 Å². The van der Waals surface area contributed by atoms with Crippen LogP contribution in [0.25, 0.3) is 97.4 Å². The fraction of sp³-hybridized carbons (Fsp3) is 0. The first-order valence-corrected chi connectivity index (χ1v) is 21.5. The van der Waals surface area contributed by atoms with E-state index in [4.69, 9.17) is 4.42 Å². The molecule has 0 saturated heterocycles. The van der Waals surface area contributed by atoms with E-state index in [9.17, 15) is 0 Å². The average Bonchev–Trinajstić information content (AvgIpc) is 3.91. The van der Waals surface area contributed by atoms with Gasteiger partial charge in [-0.3, -0.25) is 0 Å². The summed E-state index contributed by atoms with van der Waals surface area (Å²) in [7, 11) is 0. The van der Waals surface area contributed by atoms with Gasteiger partial charge in [0, 0.05) is 37.6 Å². The lowest BCUT2D eigenvalue weighted by atomic mass is 9.97. The number of furan rings is 1.